The molecule has 0 amide bonds. The first-order valence-corrected chi connectivity index (χ1v) is 6.70. The maximum Gasteiger partial charge on any atom is 0.326 e. The van der Waals surface area contributed by atoms with Crippen LogP contribution >= 0.6 is 0 Å². The molecule has 1 heterocycles. The van der Waals surface area contributed by atoms with Crippen LogP contribution in [0.2, 0.25) is 0 Å². The van der Waals surface area contributed by atoms with E-state index in [1.54, 1.807) is 0 Å². The van der Waals surface area contributed by atoms with E-state index >= 15 is 0 Å². The summed E-state index contributed by atoms with van der Waals surface area (Å²) in [6.45, 7) is 3.20. The maximum atomic E-state index is 11.5. The highest BCUT2D eigenvalue weighted by Gasteiger charge is 2.11. The van der Waals surface area contributed by atoms with Gasteiger partial charge in [-0.05, 0) is 6.92 Å². The summed E-state index contributed by atoms with van der Waals surface area (Å²) in [7, 11) is 0. The molecule has 0 unspecified atom stereocenters. The van der Waals surface area contributed by atoms with Gasteiger partial charge in [-0.25, -0.2) is 0 Å². The van der Waals surface area contributed by atoms with Gasteiger partial charge in [-0.1, -0.05) is 0 Å². The molecule has 1 rings (SSSR count). The van der Waals surface area contributed by atoms with Crippen LogP contribution < -0.4 is 5.56 Å². The molecule has 0 fully saturated rings. The highest BCUT2D eigenvalue weighted by Crippen LogP contribution is 2.06. The van der Waals surface area contributed by atoms with Crippen LogP contribution in [0.25, 0.3) is 0 Å². The number of esters is 1. The van der Waals surface area contributed by atoms with E-state index in [1.165, 1.54) is 0 Å². The number of nitro groups is 1. The molecule has 0 bridgehead atoms. The third-order valence-electron chi connectivity index (χ3n) is 2.54. The van der Waals surface area contributed by atoms with E-state index in [4.69, 9.17) is 14.2 Å². The summed E-state index contributed by atoms with van der Waals surface area (Å²) < 4.78 is 16.0. The van der Waals surface area contributed by atoms with Gasteiger partial charge < -0.3 is 14.2 Å². The minimum atomic E-state index is -0.670. The molecular formula is C13H18N2O7. The van der Waals surface area contributed by atoms with Crippen molar-refractivity contribution in [2.45, 2.75) is 13.5 Å². The topological polar surface area (TPSA) is 110 Å². The zero-order valence-corrected chi connectivity index (χ0v) is 12.2. The molecule has 9 heteroatoms. The molecule has 0 aromatic carbocycles. The average molecular weight is 314 g/mol. The maximum absolute atomic E-state index is 11.5. The number of hydrogen-bond acceptors (Lipinski definition) is 7. The first-order valence-electron chi connectivity index (χ1n) is 6.70. The highest BCUT2D eigenvalue weighted by molar-refractivity contribution is 5.69. The molecule has 0 saturated heterocycles. The number of ether oxygens (including phenoxy) is 3. The van der Waals surface area contributed by atoms with E-state index in [9.17, 15) is 19.7 Å². The molecule has 0 saturated carbocycles. The van der Waals surface area contributed by atoms with Crippen LogP contribution in [-0.2, 0) is 25.5 Å². The molecule has 0 aliphatic rings. The number of rotatable bonds is 10. The summed E-state index contributed by atoms with van der Waals surface area (Å²) in [6.07, 6.45) is 1.00. The van der Waals surface area contributed by atoms with Gasteiger partial charge in [0, 0.05) is 18.7 Å². The molecule has 0 aliphatic heterocycles. The van der Waals surface area contributed by atoms with Gasteiger partial charge in [0.15, 0.2) is 0 Å². The van der Waals surface area contributed by atoms with E-state index in [-0.39, 0.29) is 25.4 Å². The number of aromatic nitrogens is 1. The van der Waals surface area contributed by atoms with Crippen molar-refractivity contribution in [2.24, 2.45) is 0 Å². The van der Waals surface area contributed by atoms with E-state index in [1.807, 2.05) is 6.92 Å². The molecule has 122 valence electrons. The van der Waals surface area contributed by atoms with Gasteiger partial charge in [0.1, 0.15) is 13.2 Å². The van der Waals surface area contributed by atoms with Crippen LogP contribution in [0.15, 0.2) is 23.1 Å². The summed E-state index contributed by atoms with van der Waals surface area (Å²) in [6, 6.07) is 2.11. The molecule has 22 heavy (non-hydrogen) atoms. The van der Waals surface area contributed by atoms with Crippen molar-refractivity contribution in [1.82, 2.24) is 4.57 Å². The number of carbonyl (C=O) groups is 1. The molecule has 0 spiro atoms. The van der Waals surface area contributed by atoms with Gasteiger partial charge >= 0.3 is 5.97 Å². The summed E-state index contributed by atoms with van der Waals surface area (Å²) in [5.74, 6) is -0.670. The Bertz CT molecular complexity index is 556. The second kappa shape index (κ2) is 9.64. The quantitative estimate of drug-likeness (QED) is 0.265. The smallest absolute Gasteiger partial charge is 0.326 e. The Labute approximate surface area is 126 Å². The Balaban J connectivity index is 2.35. The largest absolute Gasteiger partial charge is 0.462 e. The highest BCUT2D eigenvalue weighted by atomic mass is 16.6. The molecule has 1 aromatic rings. The molecule has 0 radical (unpaired) electrons. The van der Waals surface area contributed by atoms with E-state index in [2.05, 4.69) is 0 Å². The molecule has 1 aromatic heterocycles. The normalized spacial score (nSPS) is 10.4. The summed E-state index contributed by atoms with van der Waals surface area (Å²) in [5, 5.41) is 10.6. The summed E-state index contributed by atoms with van der Waals surface area (Å²) in [5.41, 5.74) is -0.790. The van der Waals surface area contributed by atoms with Gasteiger partial charge in [0.05, 0.1) is 30.9 Å². The van der Waals surface area contributed by atoms with Crippen LogP contribution in [0.1, 0.15) is 6.92 Å². The lowest BCUT2D eigenvalue weighted by molar-refractivity contribution is -0.385. The second-order valence-corrected chi connectivity index (χ2v) is 4.14. The minimum Gasteiger partial charge on any atom is -0.462 e. The lowest BCUT2D eigenvalue weighted by atomic mass is 10.4. The van der Waals surface area contributed by atoms with Gasteiger partial charge in [0.2, 0.25) is 0 Å². The van der Waals surface area contributed by atoms with Crippen LogP contribution in [-0.4, -0.2) is 48.5 Å². The zero-order chi connectivity index (χ0) is 16.4. The van der Waals surface area contributed by atoms with Crippen molar-refractivity contribution in [2.75, 3.05) is 33.0 Å². The number of pyridine rings is 1. The van der Waals surface area contributed by atoms with E-state index in [0.29, 0.717) is 19.8 Å². The van der Waals surface area contributed by atoms with Crippen molar-refractivity contribution in [3.05, 3.63) is 38.8 Å². The fourth-order valence-corrected chi connectivity index (χ4v) is 1.51. The Morgan fingerprint density at radius 2 is 1.91 bits per heavy atom. The Morgan fingerprint density at radius 1 is 1.23 bits per heavy atom. The van der Waals surface area contributed by atoms with Gasteiger partial charge in [0.25, 0.3) is 11.2 Å². The predicted molar refractivity (Wildman–Crippen MR) is 75.6 cm³/mol. The number of carbonyl (C=O) groups excluding carboxylic acids is 1. The van der Waals surface area contributed by atoms with Gasteiger partial charge in [-0.3, -0.25) is 24.3 Å². The van der Waals surface area contributed by atoms with Crippen LogP contribution in [0.3, 0.4) is 0 Å². The number of nitrogens with zero attached hydrogens (tertiary/aromatic N) is 2. The SMILES string of the molecule is CCOCCOCCOC(=O)Cn1cc([N+](=O)[O-])ccc1=O. The fourth-order valence-electron chi connectivity index (χ4n) is 1.51. The van der Waals surface area contributed by atoms with Crippen LogP contribution in [0.5, 0.6) is 0 Å². The van der Waals surface area contributed by atoms with Crippen LogP contribution in [0, 0.1) is 10.1 Å². The summed E-state index contributed by atoms with van der Waals surface area (Å²) >= 11 is 0. The standard InChI is InChI=1S/C13H18N2O7/c1-2-20-5-6-21-7-8-22-13(17)10-14-9-11(15(18)19)3-4-12(14)16/h3-4,9H,2,5-8,10H2,1H3. The first kappa shape index (κ1) is 17.8. The lowest BCUT2D eigenvalue weighted by Gasteiger charge is -2.07. The van der Waals surface area contributed by atoms with Crippen molar-refractivity contribution in [1.29, 1.82) is 0 Å². The van der Waals surface area contributed by atoms with Crippen molar-refractivity contribution >= 4 is 11.7 Å². The monoisotopic (exact) mass is 314 g/mol. The van der Waals surface area contributed by atoms with Crippen molar-refractivity contribution in [3.8, 4) is 0 Å². The number of hydrogen-bond donors (Lipinski definition) is 0. The van der Waals surface area contributed by atoms with E-state index < -0.39 is 16.5 Å². The third kappa shape index (κ3) is 6.46. The second-order valence-electron chi connectivity index (χ2n) is 4.14. The Hall–Kier alpha value is -2.26. The van der Waals surface area contributed by atoms with Crippen molar-refractivity contribution in [3.63, 3.8) is 0 Å². The lowest BCUT2D eigenvalue weighted by Crippen LogP contribution is -2.25. The summed E-state index contributed by atoms with van der Waals surface area (Å²) in [4.78, 5) is 33.0. The van der Waals surface area contributed by atoms with Crippen molar-refractivity contribution < 1.29 is 23.9 Å². The Kier molecular flexibility index (Phi) is 7.79. The molecular weight excluding hydrogens is 296 g/mol. The predicted octanol–water partition coefficient (Wildman–Crippen LogP) is 0.353. The van der Waals surface area contributed by atoms with Gasteiger partial charge in [-0.15, -0.1) is 0 Å². The molecule has 9 nitrogen and oxygen atoms in total. The molecule has 0 aliphatic carbocycles. The third-order valence-corrected chi connectivity index (χ3v) is 2.54. The van der Waals surface area contributed by atoms with Crippen LogP contribution in [0.4, 0.5) is 5.69 Å². The average Bonchev–Trinajstić information content (AvgIpc) is 2.48. The fraction of sp³-hybridized carbons (Fsp3) is 0.538. The van der Waals surface area contributed by atoms with E-state index in [0.717, 1.165) is 22.9 Å². The minimum absolute atomic E-state index is 0.0363. The first-order chi connectivity index (χ1) is 10.5. The van der Waals surface area contributed by atoms with Gasteiger partial charge in [-0.2, -0.15) is 0 Å². The zero-order valence-electron chi connectivity index (χ0n) is 12.2. The molecule has 0 atom stereocenters. The molecule has 0 N–H and O–H groups in total. The Morgan fingerprint density at radius 3 is 2.59 bits per heavy atom.